The monoisotopic (exact) mass is 359 g/mol. The van der Waals surface area contributed by atoms with Crippen LogP contribution < -0.4 is 0 Å². The van der Waals surface area contributed by atoms with Gasteiger partial charge in [-0.25, -0.2) is 0 Å². The van der Waals surface area contributed by atoms with Gasteiger partial charge in [0.1, 0.15) is 0 Å². The highest BCUT2D eigenvalue weighted by Crippen LogP contribution is 2.39. The lowest BCUT2D eigenvalue weighted by Crippen LogP contribution is -2.43. The number of ether oxygens (including phenoxy) is 1. The number of ketones is 1. The summed E-state index contributed by atoms with van der Waals surface area (Å²) >= 11 is 0. The minimum atomic E-state index is -1.34. The molecule has 1 aromatic heterocycles. The van der Waals surface area contributed by atoms with Gasteiger partial charge in [0.05, 0.1) is 17.9 Å². The maximum atomic E-state index is 13.4. The zero-order valence-corrected chi connectivity index (χ0v) is 15.3. The maximum absolute atomic E-state index is 13.4. The number of hydrogen-bond acceptors (Lipinski definition) is 4. The summed E-state index contributed by atoms with van der Waals surface area (Å²) in [7, 11) is 0.0984. The number of Topliss-reactive ketones (excluding diaryl/α,β-unsaturated/α-hetero) is 1. The van der Waals surface area contributed by atoms with E-state index in [9.17, 15) is 13.8 Å². The van der Waals surface area contributed by atoms with Crippen molar-refractivity contribution in [1.82, 2.24) is 4.57 Å². The second-order valence-electron chi connectivity index (χ2n) is 6.44. The Labute approximate surface area is 149 Å². The Morgan fingerprint density at radius 2 is 2.00 bits per heavy atom. The average molecular weight is 359 g/mol. The van der Waals surface area contributed by atoms with Crippen LogP contribution in [0.15, 0.2) is 47.5 Å². The van der Waals surface area contributed by atoms with E-state index >= 15 is 0 Å². The molecule has 132 valence electrons. The summed E-state index contributed by atoms with van der Waals surface area (Å²) in [5.41, 5.74) is -0.304. The summed E-state index contributed by atoms with van der Waals surface area (Å²) in [5, 5.41) is -0.0522. The number of nitrogens with zero attached hydrogens (tertiary/aromatic N) is 1. The van der Waals surface area contributed by atoms with Gasteiger partial charge in [-0.15, -0.1) is 0 Å². The quantitative estimate of drug-likeness (QED) is 0.468. The minimum absolute atomic E-state index is 0.0522. The average Bonchev–Trinajstić information content (AvgIpc) is 3.22. The lowest BCUT2D eigenvalue weighted by Gasteiger charge is -2.24. The van der Waals surface area contributed by atoms with Crippen LogP contribution in [0.25, 0.3) is 0 Å². The van der Waals surface area contributed by atoms with Gasteiger partial charge in [0, 0.05) is 34.1 Å². The van der Waals surface area contributed by atoms with Gasteiger partial charge in [-0.3, -0.25) is 13.8 Å². The van der Waals surface area contributed by atoms with Crippen molar-refractivity contribution in [2.75, 3.05) is 7.11 Å². The molecule has 1 aromatic carbocycles. The van der Waals surface area contributed by atoms with E-state index in [1.807, 2.05) is 30.7 Å². The van der Waals surface area contributed by atoms with Crippen molar-refractivity contribution in [1.29, 1.82) is 0 Å². The van der Waals surface area contributed by atoms with Crippen molar-refractivity contribution in [3.05, 3.63) is 53.9 Å². The summed E-state index contributed by atoms with van der Waals surface area (Å²) in [5.74, 6) is -0.857. The number of esters is 1. The first-order valence-corrected chi connectivity index (χ1v) is 9.42. The van der Waals surface area contributed by atoms with Crippen molar-refractivity contribution in [2.45, 2.75) is 42.4 Å². The van der Waals surface area contributed by atoms with Gasteiger partial charge >= 0.3 is 5.97 Å². The van der Waals surface area contributed by atoms with Gasteiger partial charge in [0.15, 0.2) is 11.2 Å². The topological polar surface area (TPSA) is 65.4 Å². The third-order valence-corrected chi connectivity index (χ3v) is 6.25. The molecule has 0 N–H and O–H groups in total. The number of aryl methyl sites for hydroxylation is 1. The molecular formula is C19H21NO4S. The van der Waals surface area contributed by atoms with Crippen molar-refractivity contribution in [3.63, 3.8) is 0 Å². The van der Waals surface area contributed by atoms with Crippen LogP contribution in [0.3, 0.4) is 0 Å². The zero-order chi connectivity index (χ0) is 18.2. The highest BCUT2D eigenvalue weighted by atomic mass is 32.2. The smallest absolute Gasteiger partial charge is 0.325 e. The Morgan fingerprint density at radius 3 is 2.68 bits per heavy atom. The van der Waals surface area contributed by atoms with Gasteiger partial charge in [-0.2, -0.15) is 0 Å². The zero-order valence-electron chi connectivity index (χ0n) is 14.5. The van der Waals surface area contributed by atoms with Crippen LogP contribution in [-0.4, -0.2) is 32.9 Å². The fraction of sp³-hybridized carbons (Fsp3) is 0.368. The molecule has 0 saturated heterocycles. The van der Waals surface area contributed by atoms with Gasteiger partial charge in [0.2, 0.25) is 0 Å². The van der Waals surface area contributed by atoms with E-state index in [1.54, 1.807) is 30.3 Å². The van der Waals surface area contributed by atoms with Crippen LogP contribution in [0.4, 0.5) is 0 Å². The maximum Gasteiger partial charge on any atom is 0.325 e. The summed E-state index contributed by atoms with van der Waals surface area (Å²) in [6.45, 7) is 4.32. The Hall–Kier alpha value is -2.21. The molecule has 2 unspecified atom stereocenters. The lowest BCUT2D eigenvalue weighted by atomic mass is 9.76. The third kappa shape index (κ3) is 2.74. The van der Waals surface area contributed by atoms with Crippen LogP contribution >= 0.6 is 0 Å². The number of aromatic nitrogens is 1. The van der Waals surface area contributed by atoms with E-state index in [-0.39, 0.29) is 11.0 Å². The summed E-state index contributed by atoms with van der Waals surface area (Å²) in [6.07, 6.45) is 2.23. The van der Waals surface area contributed by atoms with E-state index in [1.165, 1.54) is 7.11 Å². The van der Waals surface area contributed by atoms with E-state index in [2.05, 4.69) is 0 Å². The van der Waals surface area contributed by atoms with Crippen molar-refractivity contribution < 1.29 is 18.5 Å². The highest BCUT2D eigenvalue weighted by Gasteiger charge is 2.53. The summed E-state index contributed by atoms with van der Waals surface area (Å²) in [4.78, 5) is 26.6. The van der Waals surface area contributed by atoms with Crippen LogP contribution in [0, 0.1) is 0 Å². The fourth-order valence-corrected chi connectivity index (χ4v) is 4.40. The van der Waals surface area contributed by atoms with Crippen LogP contribution in [0.2, 0.25) is 0 Å². The summed E-state index contributed by atoms with van der Waals surface area (Å²) in [6, 6.07) is 10.4. The first-order chi connectivity index (χ1) is 11.9. The van der Waals surface area contributed by atoms with E-state index in [4.69, 9.17) is 4.74 Å². The van der Waals surface area contributed by atoms with Gasteiger partial charge in [-0.05, 0) is 30.7 Å². The molecule has 25 heavy (non-hydrogen) atoms. The minimum Gasteiger partial charge on any atom is -0.468 e. The number of benzene rings is 1. The largest absolute Gasteiger partial charge is 0.468 e. The van der Waals surface area contributed by atoms with E-state index in [0.29, 0.717) is 29.1 Å². The number of hydrogen-bond donors (Lipinski definition) is 0. The molecule has 1 aliphatic rings. The molecule has 0 radical (unpaired) electrons. The Kier molecular flexibility index (Phi) is 4.64. The Balaban J connectivity index is 2.08. The third-order valence-electron chi connectivity index (χ3n) is 4.67. The van der Waals surface area contributed by atoms with Crippen LogP contribution in [0.1, 0.15) is 36.3 Å². The second-order valence-corrected chi connectivity index (χ2v) is 8.45. The molecule has 0 spiro atoms. The molecule has 2 heterocycles. The molecule has 6 heteroatoms. The Bertz CT molecular complexity index is 855. The standard InChI is InChI=1S/C19H21NO4S/c1-13(2)25(23)15-7-4-6-14(12-15)17(21)19(18(22)24-3)9-11-20-10-5-8-16(19)20/h4-8,10,12-13H,9,11H2,1-3H3. The molecule has 2 aromatic rings. The van der Waals surface area contributed by atoms with Crippen LogP contribution in [-0.2, 0) is 32.3 Å². The second kappa shape index (κ2) is 6.59. The molecule has 0 aliphatic carbocycles. The SMILES string of the molecule is COC(=O)C1(C(=O)c2cccc(S(=O)C(C)C)c2)CCn2cccc21. The van der Waals surface area contributed by atoms with E-state index in [0.717, 1.165) is 0 Å². The normalized spacial score (nSPS) is 20.3. The Morgan fingerprint density at radius 1 is 1.24 bits per heavy atom. The molecular weight excluding hydrogens is 338 g/mol. The number of rotatable bonds is 5. The number of fused-ring (bicyclic) bond motifs is 1. The molecule has 2 atom stereocenters. The first-order valence-electron chi connectivity index (χ1n) is 8.21. The van der Waals surface area contributed by atoms with Crippen molar-refractivity contribution in [2.24, 2.45) is 0 Å². The number of methoxy groups -OCH3 is 1. The number of carbonyl (C=O) groups is 2. The highest BCUT2D eigenvalue weighted by molar-refractivity contribution is 7.85. The van der Waals surface area contributed by atoms with Crippen molar-refractivity contribution in [3.8, 4) is 0 Å². The number of carbonyl (C=O) groups excluding carboxylic acids is 2. The predicted molar refractivity (Wildman–Crippen MR) is 95.1 cm³/mol. The molecule has 5 nitrogen and oxygen atoms in total. The van der Waals surface area contributed by atoms with Gasteiger partial charge in [-0.1, -0.05) is 26.0 Å². The van der Waals surface area contributed by atoms with Crippen molar-refractivity contribution >= 4 is 22.6 Å². The summed E-state index contributed by atoms with van der Waals surface area (Å²) < 4.78 is 19.3. The first kappa shape index (κ1) is 17.6. The van der Waals surface area contributed by atoms with Gasteiger partial charge < -0.3 is 9.30 Å². The predicted octanol–water partition coefficient (Wildman–Crippen LogP) is 2.70. The lowest BCUT2D eigenvalue weighted by molar-refractivity contribution is -0.145. The van der Waals surface area contributed by atoms with Gasteiger partial charge in [0.25, 0.3) is 0 Å². The molecule has 1 aliphatic heterocycles. The fourth-order valence-electron chi connectivity index (χ4n) is 3.40. The molecule has 3 rings (SSSR count). The van der Waals surface area contributed by atoms with E-state index < -0.39 is 22.2 Å². The molecule has 0 saturated carbocycles. The molecule has 0 fully saturated rings. The molecule has 0 bridgehead atoms. The molecule has 0 amide bonds. The van der Waals surface area contributed by atoms with Crippen LogP contribution in [0.5, 0.6) is 0 Å².